The van der Waals surface area contributed by atoms with Gasteiger partial charge in [0.1, 0.15) is 11.6 Å². The Balaban J connectivity index is 2.26. The Hall–Kier alpha value is -1.00. The lowest BCUT2D eigenvalue weighted by atomic mass is 9.90. The maximum absolute atomic E-state index is 13.3. The summed E-state index contributed by atoms with van der Waals surface area (Å²) in [6.45, 7) is 6.43. The molecule has 0 radical (unpaired) electrons. The summed E-state index contributed by atoms with van der Waals surface area (Å²) in [7, 11) is 0. The van der Waals surface area contributed by atoms with Crippen molar-refractivity contribution in [3.8, 4) is 0 Å². The fourth-order valence-electron chi connectivity index (χ4n) is 1.60. The Labute approximate surface area is 108 Å². The topological polar surface area (TPSA) is 38.0 Å². The van der Waals surface area contributed by atoms with Crippen molar-refractivity contribution in [1.82, 2.24) is 5.32 Å². The quantitative estimate of drug-likeness (QED) is 0.735. The third kappa shape index (κ3) is 5.10. The Morgan fingerprint density at radius 1 is 1.22 bits per heavy atom. The zero-order valence-corrected chi connectivity index (χ0v) is 11.1. The van der Waals surface area contributed by atoms with E-state index in [2.05, 4.69) is 19.2 Å². The van der Waals surface area contributed by atoms with Crippen LogP contribution in [0.2, 0.25) is 0 Å². The Morgan fingerprint density at radius 2 is 1.94 bits per heavy atom. The predicted molar refractivity (Wildman–Crippen MR) is 70.4 cm³/mol. The fraction of sp³-hybridized carbons (Fsp3) is 0.571. The summed E-state index contributed by atoms with van der Waals surface area (Å²) in [4.78, 5) is 0. The molecule has 18 heavy (non-hydrogen) atoms. The van der Waals surface area contributed by atoms with Crippen LogP contribution in [0.1, 0.15) is 25.8 Å². The molecule has 0 bridgehead atoms. The smallest absolute Gasteiger partial charge is 0.129 e. The van der Waals surface area contributed by atoms with Crippen molar-refractivity contribution < 1.29 is 8.78 Å². The van der Waals surface area contributed by atoms with Gasteiger partial charge in [0.15, 0.2) is 0 Å². The molecule has 1 aromatic rings. The van der Waals surface area contributed by atoms with Crippen LogP contribution in [0, 0.1) is 17.0 Å². The summed E-state index contributed by atoms with van der Waals surface area (Å²) >= 11 is 0. The number of nitrogens with two attached hydrogens (primary N) is 1. The highest BCUT2D eigenvalue weighted by atomic mass is 19.1. The van der Waals surface area contributed by atoms with Crippen molar-refractivity contribution in [3.05, 3.63) is 35.4 Å². The number of halogens is 2. The van der Waals surface area contributed by atoms with E-state index in [9.17, 15) is 8.78 Å². The van der Waals surface area contributed by atoms with Gasteiger partial charge in [-0.1, -0.05) is 19.9 Å². The van der Waals surface area contributed by atoms with Gasteiger partial charge in [0.05, 0.1) is 0 Å². The number of hydrogen-bond donors (Lipinski definition) is 2. The minimum atomic E-state index is -0.533. The van der Waals surface area contributed by atoms with Crippen LogP contribution in [0.25, 0.3) is 0 Å². The average Bonchev–Trinajstić information content (AvgIpc) is 2.31. The maximum Gasteiger partial charge on any atom is 0.129 e. The number of hydrogen-bond acceptors (Lipinski definition) is 2. The van der Waals surface area contributed by atoms with Crippen LogP contribution in [-0.4, -0.2) is 19.6 Å². The van der Waals surface area contributed by atoms with Gasteiger partial charge in [-0.25, -0.2) is 8.78 Å². The largest absolute Gasteiger partial charge is 0.330 e. The maximum atomic E-state index is 13.3. The number of rotatable bonds is 7. The van der Waals surface area contributed by atoms with E-state index < -0.39 is 11.6 Å². The second kappa shape index (κ2) is 6.81. The molecule has 0 aliphatic rings. The molecule has 0 aliphatic carbocycles. The first kappa shape index (κ1) is 15.1. The van der Waals surface area contributed by atoms with Crippen molar-refractivity contribution >= 4 is 0 Å². The minimum absolute atomic E-state index is 0.133. The first-order valence-corrected chi connectivity index (χ1v) is 6.29. The van der Waals surface area contributed by atoms with Crippen LogP contribution >= 0.6 is 0 Å². The van der Waals surface area contributed by atoms with E-state index in [1.807, 2.05) is 0 Å². The minimum Gasteiger partial charge on any atom is -0.330 e. The van der Waals surface area contributed by atoms with Crippen LogP contribution < -0.4 is 11.1 Å². The van der Waals surface area contributed by atoms with Gasteiger partial charge in [-0.2, -0.15) is 0 Å². The zero-order chi connectivity index (χ0) is 13.6. The third-order valence-corrected chi connectivity index (χ3v) is 3.12. The lowest BCUT2D eigenvalue weighted by Crippen LogP contribution is -2.29. The molecule has 0 amide bonds. The van der Waals surface area contributed by atoms with Crippen molar-refractivity contribution in [2.45, 2.75) is 26.7 Å². The molecular weight excluding hydrogens is 234 g/mol. The van der Waals surface area contributed by atoms with Crippen LogP contribution in [0.15, 0.2) is 18.2 Å². The summed E-state index contributed by atoms with van der Waals surface area (Å²) in [5, 5.41) is 3.25. The molecule has 0 heterocycles. The summed E-state index contributed by atoms with van der Waals surface area (Å²) in [6, 6.07) is 3.71. The third-order valence-electron chi connectivity index (χ3n) is 3.12. The molecule has 0 saturated carbocycles. The molecule has 0 spiro atoms. The summed E-state index contributed by atoms with van der Waals surface area (Å²) < 4.78 is 26.0. The van der Waals surface area contributed by atoms with Crippen molar-refractivity contribution in [2.24, 2.45) is 11.1 Å². The summed E-state index contributed by atoms with van der Waals surface area (Å²) in [5.74, 6) is -1.01. The van der Waals surface area contributed by atoms with Crippen LogP contribution in [0.4, 0.5) is 8.78 Å². The van der Waals surface area contributed by atoms with Gasteiger partial charge in [0, 0.05) is 6.07 Å². The van der Waals surface area contributed by atoms with Gasteiger partial charge in [0.25, 0.3) is 0 Å². The molecule has 1 aromatic carbocycles. The zero-order valence-electron chi connectivity index (χ0n) is 11.1. The number of nitrogens with one attached hydrogen (secondary N) is 1. The molecule has 0 atom stereocenters. The second-order valence-electron chi connectivity index (χ2n) is 5.35. The van der Waals surface area contributed by atoms with E-state index in [4.69, 9.17) is 5.73 Å². The molecule has 4 heteroatoms. The molecular formula is C14H22F2N2. The summed E-state index contributed by atoms with van der Waals surface area (Å²) in [6.07, 6.45) is 1.55. The highest BCUT2D eigenvalue weighted by Gasteiger charge is 2.14. The Kier molecular flexibility index (Phi) is 5.69. The Morgan fingerprint density at radius 3 is 2.56 bits per heavy atom. The lowest BCUT2D eigenvalue weighted by molar-refractivity contribution is 0.340. The molecule has 0 aliphatic heterocycles. The Bertz CT molecular complexity index is 378. The van der Waals surface area contributed by atoms with Crippen molar-refractivity contribution in [2.75, 3.05) is 19.6 Å². The van der Waals surface area contributed by atoms with Gasteiger partial charge in [-0.3, -0.25) is 0 Å². The highest BCUT2D eigenvalue weighted by molar-refractivity contribution is 5.18. The van der Waals surface area contributed by atoms with E-state index >= 15 is 0 Å². The molecule has 0 aromatic heterocycles. The molecule has 3 N–H and O–H groups in total. The normalized spacial score (nSPS) is 11.8. The van der Waals surface area contributed by atoms with Crippen LogP contribution in [0.3, 0.4) is 0 Å². The summed E-state index contributed by atoms with van der Waals surface area (Å²) in [5.41, 5.74) is 6.31. The van der Waals surface area contributed by atoms with Gasteiger partial charge in [-0.15, -0.1) is 0 Å². The van der Waals surface area contributed by atoms with Gasteiger partial charge < -0.3 is 11.1 Å². The first-order valence-electron chi connectivity index (χ1n) is 6.29. The van der Waals surface area contributed by atoms with Crippen LogP contribution in [-0.2, 0) is 6.42 Å². The molecule has 102 valence electrons. The van der Waals surface area contributed by atoms with E-state index in [0.717, 1.165) is 19.0 Å². The molecule has 2 nitrogen and oxygen atoms in total. The van der Waals surface area contributed by atoms with E-state index in [1.54, 1.807) is 0 Å². The highest BCUT2D eigenvalue weighted by Crippen LogP contribution is 2.16. The SMILES string of the molecule is CC(C)(CN)CCNCCc1ccc(F)cc1F. The van der Waals surface area contributed by atoms with Gasteiger partial charge >= 0.3 is 0 Å². The predicted octanol–water partition coefficient (Wildman–Crippen LogP) is 2.47. The standard InChI is InChI=1S/C14H22F2N2/c1-14(2,10-17)6-8-18-7-5-11-3-4-12(15)9-13(11)16/h3-4,9,18H,5-8,10,17H2,1-2H3. The molecule has 0 fully saturated rings. The average molecular weight is 256 g/mol. The van der Waals surface area contributed by atoms with Gasteiger partial charge in [0.2, 0.25) is 0 Å². The molecule has 1 rings (SSSR count). The fourth-order valence-corrected chi connectivity index (χ4v) is 1.60. The van der Waals surface area contributed by atoms with Gasteiger partial charge in [-0.05, 0) is 49.5 Å². The van der Waals surface area contributed by atoms with E-state index in [-0.39, 0.29) is 5.41 Å². The first-order chi connectivity index (χ1) is 8.44. The lowest BCUT2D eigenvalue weighted by Gasteiger charge is -2.22. The molecule has 0 saturated heterocycles. The van der Waals surface area contributed by atoms with Crippen LogP contribution in [0.5, 0.6) is 0 Å². The van der Waals surface area contributed by atoms with E-state index in [1.165, 1.54) is 12.1 Å². The second-order valence-corrected chi connectivity index (χ2v) is 5.35. The molecule has 0 unspecified atom stereocenters. The monoisotopic (exact) mass is 256 g/mol. The number of benzene rings is 1. The van der Waals surface area contributed by atoms with E-state index in [0.29, 0.717) is 25.1 Å². The van der Waals surface area contributed by atoms with Crippen molar-refractivity contribution in [1.29, 1.82) is 0 Å². The van der Waals surface area contributed by atoms with Crippen molar-refractivity contribution in [3.63, 3.8) is 0 Å².